The van der Waals surface area contributed by atoms with Gasteiger partial charge in [0.2, 0.25) is 0 Å². The van der Waals surface area contributed by atoms with Crippen molar-refractivity contribution in [3.63, 3.8) is 0 Å². The summed E-state index contributed by atoms with van der Waals surface area (Å²) in [5, 5.41) is 8.80. The van der Waals surface area contributed by atoms with E-state index in [1.807, 2.05) is 30.0 Å². The lowest BCUT2D eigenvalue weighted by Crippen LogP contribution is -2.36. The first-order valence-electron chi connectivity index (χ1n) is 8.67. The van der Waals surface area contributed by atoms with E-state index in [0.717, 1.165) is 36.3 Å². The maximum absolute atomic E-state index is 4.66. The summed E-state index contributed by atoms with van der Waals surface area (Å²) in [6.45, 7) is 8.35. The normalized spacial score (nSPS) is 11.1. The predicted octanol–water partition coefficient (Wildman–Crippen LogP) is 3.82. The Bertz CT molecular complexity index is 868. The first-order chi connectivity index (χ1) is 12.7. The summed E-state index contributed by atoms with van der Waals surface area (Å²) in [4.78, 5) is 14.7. The smallest absolute Gasteiger partial charge is 0.191 e. The number of thiophene rings is 1. The molecule has 0 bridgehead atoms. The van der Waals surface area contributed by atoms with Gasteiger partial charge >= 0.3 is 0 Å². The van der Waals surface area contributed by atoms with Gasteiger partial charge in [0.15, 0.2) is 5.96 Å². The van der Waals surface area contributed by atoms with Crippen LogP contribution in [0.5, 0.6) is 0 Å². The van der Waals surface area contributed by atoms with Crippen LogP contribution in [0.1, 0.15) is 28.8 Å². The monoisotopic (exact) mass is 496 g/mol. The van der Waals surface area contributed by atoms with E-state index in [1.165, 1.54) is 10.4 Å². The predicted molar refractivity (Wildman–Crippen MR) is 122 cm³/mol. The van der Waals surface area contributed by atoms with Gasteiger partial charge in [0.05, 0.1) is 13.1 Å². The van der Waals surface area contributed by atoms with Crippen LogP contribution in [-0.2, 0) is 13.1 Å². The third-order valence-corrected chi connectivity index (χ3v) is 5.05. The third-order valence-electron chi connectivity index (χ3n) is 4.03. The third kappa shape index (κ3) is 5.77. The number of nitrogens with one attached hydrogen (secondary N) is 2. The Morgan fingerprint density at radius 1 is 1.19 bits per heavy atom. The highest BCUT2D eigenvalue weighted by molar-refractivity contribution is 14.0. The molecule has 27 heavy (non-hydrogen) atoms. The quantitative estimate of drug-likeness (QED) is 0.310. The van der Waals surface area contributed by atoms with E-state index in [1.54, 1.807) is 17.5 Å². The Labute approximate surface area is 181 Å². The van der Waals surface area contributed by atoms with Crippen molar-refractivity contribution < 1.29 is 0 Å². The summed E-state index contributed by atoms with van der Waals surface area (Å²) >= 11 is 1.76. The second-order valence-corrected chi connectivity index (χ2v) is 6.95. The van der Waals surface area contributed by atoms with Gasteiger partial charge in [-0.15, -0.1) is 35.3 Å². The molecule has 3 heterocycles. The van der Waals surface area contributed by atoms with Crippen LogP contribution in [0.15, 0.2) is 47.2 Å². The lowest BCUT2D eigenvalue weighted by atomic mass is 10.3. The molecule has 3 aromatic rings. The van der Waals surface area contributed by atoms with Crippen LogP contribution < -0.4 is 10.6 Å². The number of aliphatic imine (C=N–C) groups is 1. The highest BCUT2D eigenvalue weighted by atomic mass is 127. The molecule has 3 rings (SSSR count). The standard InChI is InChI=1S/C19H24N6S.HI/c1-4-20-19(24-13-17-14(2)7-10-26-17)23-12-16-5-6-18(22-11-16)25-9-8-21-15(25)3;/h5-11H,4,12-13H2,1-3H3,(H2,20,23,24);1H. The summed E-state index contributed by atoms with van der Waals surface area (Å²) in [6, 6.07) is 6.19. The summed E-state index contributed by atoms with van der Waals surface area (Å²) < 4.78 is 1.96. The van der Waals surface area contributed by atoms with Crippen LogP contribution in [0.3, 0.4) is 0 Å². The van der Waals surface area contributed by atoms with Gasteiger partial charge in [-0.2, -0.15) is 0 Å². The molecule has 0 unspecified atom stereocenters. The van der Waals surface area contributed by atoms with Crippen molar-refractivity contribution in [2.75, 3.05) is 6.54 Å². The van der Waals surface area contributed by atoms with Crippen molar-refractivity contribution in [1.82, 2.24) is 25.2 Å². The Morgan fingerprint density at radius 3 is 2.63 bits per heavy atom. The lowest BCUT2D eigenvalue weighted by Gasteiger charge is -2.11. The maximum atomic E-state index is 4.66. The average molecular weight is 496 g/mol. The number of aryl methyl sites for hydroxylation is 2. The number of aromatic nitrogens is 3. The first-order valence-corrected chi connectivity index (χ1v) is 9.55. The zero-order valence-electron chi connectivity index (χ0n) is 15.8. The van der Waals surface area contributed by atoms with E-state index in [2.05, 4.69) is 57.0 Å². The van der Waals surface area contributed by atoms with Crippen LogP contribution in [0.4, 0.5) is 0 Å². The average Bonchev–Trinajstić information content (AvgIpc) is 3.26. The van der Waals surface area contributed by atoms with Gasteiger partial charge in [0, 0.05) is 30.0 Å². The Balaban J connectivity index is 0.00000261. The van der Waals surface area contributed by atoms with E-state index >= 15 is 0 Å². The largest absolute Gasteiger partial charge is 0.357 e. The minimum atomic E-state index is 0. The molecule has 0 aliphatic rings. The van der Waals surface area contributed by atoms with Gasteiger partial charge in [-0.1, -0.05) is 6.07 Å². The Hall–Kier alpha value is -1.94. The summed E-state index contributed by atoms with van der Waals surface area (Å²) in [7, 11) is 0. The molecule has 8 heteroatoms. The number of hydrogen-bond acceptors (Lipinski definition) is 4. The lowest BCUT2D eigenvalue weighted by molar-refractivity contribution is 0.820. The number of nitrogens with zero attached hydrogens (tertiary/aromatic N) is 4. The molecule has 0 aliphatic heterocycles. The van der Waals surface area contributed by atoms with E-state index in [0.29, 0.717) is 6.54 Å². The molecule has 0 spiro atoms. The summed E-state index contributed by atoms with van der Waals surface area (Å²) in [5.41, 5.74) is 2.38. The van der Waals surface area contributed by atoms with Gasteiger partial charge in [-0.05, 0) is 49.4 Å². The molecule has 2 N–H and O–H groups in total. The number of imidazole rings is 1. The van der Waals surface area contributed by atoms with Crippen molar-refractivity contribution in [3.8, 4) is 5.82 Å². The highest BCUT2D eigenvalue weighted by Gasteiger charge is 2.04. The molecule has 6 nitrogen and oxygen atoms in total. The number of pyridine rings is 1. The Kier molecular flexibility index (Phi) is 8.23. The molecule has 0 fully saturated rings. The van der Waals surface area contributed by atoms with Gasteiger partial charge in [-0.25, -0.2) is 15.0 Å². The van der Waals surface area contributed by atoms with Crippen molar-refractivity contribution in [1.29, 1.82) is 0 Å². The van der Waals surface area contributed by atoms with E-state index in [4.69, 9.17) is 0 Å². The number of hydrogen-bond donors (Lipinski definition) is 2. The second-order valence-electron chi connectivity index (χ2n) is 5.94. The molecule has 144 valence electrons. The maximum Gasteiger partial charge on any atom is 0.191 e. The topological polar surface area (TPSA) is 67.1 Å². The molecule has 0 saturated carbocycles. The molecular formula is C19H25IN6S. The zero-order valence-corrected chi connectivity index (χ0v) is 18.9. The van der Waals surface area contributed by atoms with Crippen LogP contribution >= 0.6 is 35.3 Å². The highest BCUT2D eigenvalue weighted by Crippen LogP contribution is 2.14. The second kappa shape index (κ2) is 10.4. The molecule has 0 aromatic carbocycles. The van der Waals surface area contributed by atoms with E-state index in [-0.39, 0.29) is 24.0 Å². The first kappa shape index (κ1) is 21.4. The number of halogens is 1. The van der Waals surface area contributed by atoms with Crippen molar-refractivity contribution >= 4 is 41.3 Å². The fraction of sp³-hybridized carbons (Fsp3) is 0.316. The van der Waals surface area contributed by atoms with Crippen LogP contribution in [0.2, 0.25) is 0 Å². The molecule has 0 saturated heterocycles. The van der Waals surface area contributed by atoms with Crippen LogP contribution in [0, 0.1) is 13.8 Å². The van der Waals surface area contributed by atoms with Gasteiger partial charge in [0.25, 0.3) is 0 Å². The van der Waals surface area contributed by atoms with E-state index < -0.39 is 0 Å². The molecule has 0 amide bonds. The minimum Gasteiger partial charge on any atom is -0.357 e. The molecule has 3 aromatic heterocycles. The number of guanidine groups is 1. The van der Waals surface area contributed by atoms with Gasteiger partial charge in [-0.3, -0.25) is 4.57 Å². The molecular weight excluding hydrogens is 471 g/mol. The molecule has 0 aliphatic carbocycles. The minimum absolute atomic E-state index is 0. The fourth-order valence-electron chi connectivity index (χ4n) is 2.53. The van der Waals surface area contributed by atoms with Gasteiger partial charge < -0.3 is 10.6 Å². The summed E-state index contributed by atoms with van der Waals surface area (Å²) in [5.74, 6) is 2.60. The van der Waals surface area contributed by atoms with Crippen molar-refractivity contribution in [2.45, 2.75) is 33.9 Å². The number of rotatable bonds is 6. The van der Waals surface area contributed by atoms with Gasteiger partial charge in [0.1, 0.15) is 11.6 Å². The zero-order chi connectivity index (χ0) is 18.4. The van der Waals surface area contributed by atoms with Crippen molar-refractivity contribution in [3.05, 3.63) is 64.0 Å². The van der Waals surface area contributed by atoms with Crippen LogP contribution in [0.25, 0.3) is 5.82 Å². The van der Waals surface area contributed by atoms with E-state index in [9.17, 15) is 0 Å². The fourth-order valence-corrected chi connectivity index (χ4v) is 3.38. The van der Waals surface area contributed by atoms with Crippen molar-refractivity contribution in [2.24, 2.45) is 4.99 Å². The van der Waals surface area contributed by atoms with Crippen LogP contribution in [-0.4, -0.2) is 27.0 Å². The molecule has 0 radical (unpaired) electrons. The summed E-state index contributed by atoms with van der Waals surface area (Å²) in [6.07, 6.45) is 5.55. The Morgan fingerprint density at radius 2 is 2.04 bits per heavy atom. The molecule has 0 atom stereocenters. The SMILES string of the molecule is CCNC(=NCc1ccc(-n2ccnc2C)nc1)NCc1sccc1C.I.